The van der Waals surface area contributed by atoms with Gasteiger partial charge in [0.15, 0.2) is 0 Å². The number of sulfonamides is 1. The lowest BCUT2D eigenvalue weighted by Crippen LogP contribution is -2.55. The van der Waals surface area contributed by atoms with E-state index < -0.39 is 10.0 Å². The van der Waals surface area contributed by atoms with E-state index >= 15 is 0 Å². The van der Waals surface area contributed by atoms with Gasteiger partial charge in [-0.2, -0.15) is 9.29 Å². The summed E-state index contributed by atoms with van der Waals surface area (Å²) in [6, 6.07) is 3.41. The highest BCUT2D eigenvalue weighted by molar-refractivity contribution is 9.10. The number of halogens is 1. The number of hydrogen-bond acceptors (Lipinski definition) is 8. The van der Waals surface area contributed by atoms with E-state index in [1.807, 2.05) is 20.8 Å². The van der Waals surface area contributed by atoms with Crippen LogP contribution >= 0.6 is 15.9 Å². The topological polar surface area (TPSA) is 122 Å². The number of nitrogens with one attached hydrogen (secondary N) is 2. The summed E-state index contributed by atoms with van der Waals surface area (Å²) in [7, 11) is -3.65. The second-order valence-corrected chi connectivity index (χ2v) is 12.5. The predicted molar refractivity (Wildman–Crippen MR) is 142 cm³/mol. The van der Waals surface area contributed by atoms with Crippen molar-refractivity contribution >= 4 is 48.8 Å². The molecule has 0 bridgehead atoms. The van der Waals surface area contributed by atoms with Gasteiger partial charge in [0, 0.05) is 49.0 Å². The van der Waals surface area contributed by atoms with E-state index in [1.165, 1.54) is 10.5 Å². The van der Waals surface area contributed by atoms with Crippen molar-refractivity contribution in [3.8, 4) is 0 Å². The number of aryl methyl sites for hydroxylation is 1. The van der Waals surface area contributed by atoms with E-state index in [9.17, 15) is 13.2 Å². The molecule has 2 N–H and O–H groups in total. The Hall–Kier alpha value is -2.41. The third-order valence-electron chi connectivity index (χ3n) is 6.96. The number of hydrogen-bond donors (Lipinski definition) is 2. The molecule has 36 heavy (non-hydrogen) atoms. The van der Waals surface area contributed by atoms with Crippen LogP contribution in [0.1, 0.15) is 51.1 Å². The number of piperazine rings is 1. The van der Waals surface area contributed by atoms with Crippen molar-refractivity contribution < 1.29 is 8.42 Å². The lowest BCUT2D eigenvalue weighted by molar-refractivity contribution is 0.263. The standard InChI is InChI=1S/C24H30BrN7O3S/c1-14-12-31(13-15(2)28-14)36(34,35)18-8-9-20(26-10-18)29-24-27-11-19-16(3)21(25)23(33)32(22(19)30-24)17-6-4-5-7-17/h8-11,14-15,17,28H,4-7,12-13H2,1-3H3,(H,26,27,29,30). The van der Waals surface area contributed by atoms with Crippen molar-refractivity contribution in [3.63, 3.8) is 0 Å². The van der Waals surface area contributed by atoms with Gasteiger partial charge < -0.3 is 10.6 Å². The van der Waals surface area contributed by atoms with Gasteiger partial charge in [0.2, 0.25) is 16.0 Å². The van der Waals surface area contributed by atoms with E-state index in [0.29, 0.717) is 35.0 Å². The average Bonchev–Trinajstić information content (AvgIpc) is 3.37. The van der Waals surface area contributed by atoms with Gasteiger partial charge >= 0.3 is 0 Å². The summed E-state index contributed by atoms with van der Waals surface area (Å²) in [6.45, 7) is 6.65. The SMILES string of the molecule is Cc1c(Br)c(=O)n(C2CCCC2)c2nc(Nc3ccc(S(=O)(=O)N4CC(C)NC(C)C4)cn3)ncc12. The monoisotopic (exact) mass is 575 g/mol. The van der Waals surface area contributed by atoms with E-state index in [-0.39, 0.29) is 28.6 Å². The van der Waals surface area contributed by atoms with Gasteiger partial charge in [-0.3, -0.25) is 9.36 Å². The zero-order chi connectivity index (χ0) is 25.6. The highest BCUT2D eigenvalue weighted by Gasteiger charge is 2.31. The van der Waals surface area contributed by atoms with Crippen LogP contribution in [0.2, 0.25) is 0 Å². The van der Waals surface area contributed by atoms with Gasteiger partial charge in [0.1, 0.15) is 16.4 Å². The van der Waals surface area contributed by atoms with Crippen molar-refractivity contribution in [1.29, 1.82) is 0 Å². The first-order chi connectivity index (χ1) is 17.1. The summed E-state index contributed by atoms with van der Waals surface area (Å²) in [5.74, 6) is 0.710. The third kappa shape index (κ3) is 4.67. The van der Waals surface area contributed by atoms with Crippen LogP contribution in [0.25, 0.3) is 11.0 Å². The second-order valence-electron chi connectivity index (χ2n) is 9.78. The summed E-state index contributed by atoms with van der Waals surface area (Å²) >= 11 is 3.46. The van der Waals surface area contributed by atoms with Crippen LogP contribution in [0.15, 0.2) is 38.7 Å². The molecule has 1 aliphatic heterocycles. The Morgan fingerprint density at radius 1 is 1.08 bits per heavy atom. The molecule has 2 aliphatic rings. The Morgan fingerprint density at radius 2 is 1.78 bits per heavy atom. The minimum atomic E-state index is -3.65. The number of nitrogens with zero attached hydrogens (tertiary/aromatic N) is 5. The first-order valence-corrected chi connectivity index (χ1v) is 14.4. The molecule has 2 fully saturated rings. The summed E-state index contributed by atoms with van der Waals surface area (Å²) in [6.07, 6.45) is 7.13. The lowest BCUT2D eigenvalue weighted by Gasteiger charge is -2.35. The van der Waals surface area contributed by atoms with Crippen LogP contribution in [0, 0.1) is 6.92 Å². The number of anilines is 2. The van der Waals surface area contributed by atoms with Gasteiger partial charge in [-0.25, -0.2) is 18.4 Å². The fourth-order valence-corrected chi connectivity index (χ4v) is 7.17. The fraction of sp³-hybridized carbons (Fsp3) is 0.500. The van der Waals surface area contributed by atoms with Crippen molar-refractivity contribution in [2.45, 2.75) is 69.5 Å². The molecule has 2 unspecified atom stereocenters. The molecule has 4 heterocycles. The lowest BCUT2D eigenvalue weighted by atomic mass is 10.1. The van der Waals surface area contributed by atoms with Gasteiger partial charge in [-0.1, -0.05) is 12.8 Å². The molecule has 10 nitrogen and oxygen atoms in total. The van der Waals surface area contributed by atoms with E-state index in [1.54, 1.807) is 22.9 Å². The van der Waals surface area contributed by atoms with Crippen LogP contribution in [0.4, 0.5) is 11.8 Å². The Labute approximate surface area is 218 Å². The maximum Gasteiger partial charge on any atom is 0.267 e. The summed E-state index contributed by atoms with van der Waals surface area (Å²) < 4.78 is 30.1. The molecule has 12 heteroatoms. The fourth-order valence-electron chi connectivity index (χ4n) is 5.21. The van der Waals surface area contributed by atoms with Crippen LogP contribution in [0.5, 0.6) is 0 Å². The average molecular weight is 577 g/mol. The first-order valence-electron chi connectivity index (χ1n) is 12.2. The molecule has 3 aromatic heterocycles. The Morgan fingerprint density at radius 3 is 2.42 bits per heavy atom. The summed E-state index contributed by atoms with van der Waals surface area (Å²) in [4.78, 5) is 26.7. The number of aromatic nitrogens is 4. The maximum absolute atomic E-state index is 13.1. The molecule has 5 rings (SSSR count). The number of fused-ring (bicyclic) bond motifs is 1. The summed E-state index contributed by atoms with van der Waals surface area (Å²) in [5.41, 5.74) is 1.31. The van der Waals surface area contributed by atoms with Gasteiger partial charge in [0.05, 0.1) is 4.47 Å². The van der Waals surface area contributed by atoms with E-state index in [2.05, 4.69) is 41.5 Å². The normalized spacial score (nSPS) is 21.8. The molecule has 2 atom stereocenters. The van der Waals surface area contributed by atoms with E-state index in [4.69, 9.17) is 0 Å². The van der Waals surface area contributed by atoms with Gasteiger partial charge in [0.25, 0.3) is 5.56 Å². The number of rotatable bonds is 5. The molecule has 1 aliphatic carbocycles. The van der Waals surface area contributed by atoms with Gasteiger partial charge in [-0.15, -0.1) is 0 Å². The van der Waals surface area contributed by atoms with Crippen molar-refractivity contribution in [1.82, 2.24) is 29.1 Å². The Kier molecular flexibility index (Phi) is 6.88. The molecule has 1 saturated heterocycles. The van der Waals surface area contributed by atoms with Crippen LogP contribution in [-0.2, 0) is 10.0 Å². The molecule has 192 valence electrons. The van der Waals surface area contributed by atoms with Crippen molar-refractivity contribution in [2.75, 3.05) is 18.4 Å². The Bertz CT molecular complexity index is 1440. The molecule has 0 amide bonds. The number of pyridine rings is 2. The molecule has 0 spiro atoms. The highest BCUT2D eigenvalue weighted by Crippen LogP contribution is 2.32. The molecular formula is C24H30BrN7O3S. The smallest absolute Gasteiger partial charge is 0.267 e. The highest BCUT2D eigenvalue weighted by atomic mass is 79.9. The van der Waals surface area contributed by atoms with Crippen molar-refractivity contribution in [2.24, 2.45) is 0 Å². The zero-order valence-electron chi connectivity index (χ0n) is 20.5. The molecule has 0 aromatic carbocycles. The molecule has 3 aromatic rings. The van der Waals surface area contributed by atoms with Gasteiger partial charge in [-0.05, 0) is 67.2 Å². The Balaban J connectivity index is 1.43. The van der Waals surface area contributed by atoms with Crippen LogP contribution < -0.4 is 16.2 Å². The minimum absolute atomic E-state index is 0.0772. The van der Waals surface area contributed by atoms with Crippen LogP contribution in [-0.4, -0.2) is 57.4 Å². The molecule has 1 saturated carbocycles. The molecule has 0 radical (unpaired) electrons. The largest absolute Gasteiger partial charge is 0.309 e. The quantitative estimate of drug-likeness (QED) is 0.474. The second kappa shape index (κ2) is 9.81. The van der Waals surface area contributed by atoms with Crippen molar-refractivity contribution in [3.05, 3.63) is 44.9 Å². The predicted octanol–water partition coefficient (Wildman–Crippen LogP) is 3.49. The molecular weight excluding hydrogens is 546 g/mol. The zero-order valence-corrected chi connectivity index (χ0v) is 22.9. The first kappa shape index (κ1) is 25.2. The third-order valence-corrected chi connectivity index (χ3v) is 9.71. The maximum atomic E-state index is 13.1. The minimum Gasteiger partial charge on any atom is -0.309 e. The van der Waals surface area contributed by atoms with E-state index in [0.717, 1.165) is 36.6 Å². The summed E-state index contributed by atoms with van der Waals surface area (Å²) in [5, 5.41) is 7.22. The van der Waals surface area contributed by atoms with Crippen LogP contribution in [0.3, 0.4) is 0 Å².